The van der Waals surface area contributed by atoms with Crippen molar-refractivity contribution < 1.29 is 4.79 Å². The quantitative estimate of drug-likeness (QED) is 0.933. The average molecular weight is 293 g/mol. The third kappa shape index (κ3) is 2.84. The van der Waals surface area contributed by atoms with E-state index in [2.05, 4.69) is 5.10 Å². The SMILES string of the molecule is CN(C)C(=O)c1ccn(-c2c(Cl)cccc2CCN)n1. The van der Waals surface area contributed by atoms with E-state index in [1.807, 2.05) is 12.1 Å². The number of nitrogens with zero attached hydrogens (tertiary/aromatic N) is 3. The van der Waals surface area contributed by atoms with Gasteiger partial charge in [0.05, 0.1) is 10.7 Å². The van der Waals surface area contributed by atoms with Gasteiger partial charge in [0.15, 0.2) is 5.69 Å². The fraction of sp³-hybridized carbons (Fsp3) is 0.286. The Morgan fingerprint density at radius 2 is 2.15 bits per heavy atom. The fourth-order valence-corrected chi connectivity index (χ4v) is 2.25. The minimum Gasteiger partial charge on any atom is -0.343 e. The van der Waals surface area contributed by atoms with Crippen LogP contribution in [0.1, 0.15) is 16.1 Å². The zero-order valence-corrected chi connectivity index (χ0v) is 12.3. The molecule has 0 saturated carbocycles. The molecule has 106 valence electrons. The van der Waals surface area contributed by atoms with Gasteiger partial charge in [-0.2, -0.15) is 5.10 Å². The molecule has 2 rings (SSSR count). The molecule has 6 heteroatoms. The van der Waals surface area contributed by atoms with Crippen LogP contribution in [0.4, 0.5) is 0 Å². The lowest BCUT2D eigenvalue weighted by Crippen LogP contribution is -2.22. The van der Waals surface area contributed by atoms with Crippen molar-refractivity contribution in [2.24, 2.45) is 5.73 Å². The van der Waals surface area contributed by atoms with E-state index in [9.17, 15) is 4.79 Å². The van der Waals surface area contributed by atoms with Crippen LogP contribution >= 0.6 is 11.6 Å². The van der Waals surface area contributed by atoms with Crippen molar-refractivity contribution in [1.82, 2.24) is 14.7 Å². The topological polar surface area (TPSA) is 64.2 Å². The summed E-state index contributed by atoms with van der Waals surface area (Å²) in [5, 5.41) is 4.89. The number of para-hydroxylation sites is 1. The summed E-state index contributed by atoms with van der Waals surface area (Å²) in [5.74, 6) is -0.142. The standard InChI is InChI=1S/C14H17ClN4O/c1-18(2)14(20)12-7-9-19(17-12)13-10(6-8-16)4-3-5-11(13)15/h3-5,7,9H,6,8,16H2,1-2H3. The number of benzene rings is 1. The van der Waals surface area contributed by atoms with E-state index in [4.69, 9.17) is 17.3 Å². The molecule has 5 nitrogen and oxygen atoms in total. The molecule has 1 heterocycles. The van der Waals surface area contributed by atoms with Gasteiger partial charge in [0.1, 0.15) is 0 Å². The van der Waals surface area contributed by atoms with Crippen molar-refractivity contribution in [2.75, 3.05) is 20.6 Å². The highest BCUT2D eigenvalue weighted by atomic mass is 35.5. The maximum atomic E-state index is 11.9. The fourth-order valence-electron chi connectivity index (χ4n) is 1.97. The lowest BCUT2D eigenvalue weighted by atomic mass is 10.1. The summed E-state index contributed by atoms with van der Waals surface area (Å²) < 4.78 is 1.63. The summed E-state index contributed by atoms with van der Waals surface area (Å²) in [4.78, 5) is 13.4. The third-order valence-corrected chi connectivity index (χ3v) is 3.23. The lowest BCUT2D eigenvalue weighted by molar-refractivity contribution is 0.0821. The Hall–Kier alpha value is -1.85. The number of hydrogen-bond donors (Lipinski definition) is 1. The zero-order chi connectivity index (χ0) is 14.7. The molecule has 1 aromatic carbocycles. The smallest absolute Gasteiger partial charge is 0.273 e. The molecule has 0 saturated heterocycles. The number of amides is 1. The Bertz CT molecular complexity index is 621. The van der Waals surface area contributed by atoms with E-state index in [1.165, 1.54) is 4.90 Å². The Balaban J connectivity index is 2.44. The normalized spacial score (nSPS) is 10.6. The van der Waals surface area contributed by atoms with Gasteiger partial charge in [0.25, 0.3) is 5.91 Å². The summed E-state index contributed by atoms with van der Waals surface area (Å²) in [6.07, 6.45) is 2.44. The van der Waals surface area contributed by atoms with Crippen LogP contribution in [0.5, 0.6) is 0 Å². The Morgan fingerprint density at radius 1 is 1.40 bits per heavy atom. The van der Waals surface area contributed by atoms with Crippen molar-refractivity contribution in [3.8, 4) is 5.69 Å². The van der Waals surface area contributed by atoms with Crippen LogP contribution in [0.25, 0.3) is 5.69 Å². The summed E-state index contributed by atoms with van der Waals surface area (Å²) >= 11 is 6.25. The molecule has 1 aromatic heterocycles. The van der Waals surface area contributed by atoms with Gasteiger partial charge < -0.3 is 10.6 Å². The predicted octanol–water partition coefficient (Wildman–Crippen LogP) is 1.73. The van der Waals surface area contributed by atoms with Crippen LogP contribution in [-0.4, -0.2) is 41.2 Å². The van der Waals surface area contributed by atoms with E-state index in [0.29, 0.717) is 23.7 Å². The molecular weight excluding hydrogens is 276 g/mol. The predicted molar refractivity (Wildman–Crippen MR) is 79.3 cm³/mol. The van der Waals surface area contributed by atoms with Gasteiger partial charge in [0.2, 0.25) is 0 Å². The van der Waals surface area contributed by atoms with E-state index in [0.717, 1.165) is 11.3 Å². The molecule has 0 fully saturated rings. The van der Waals surface area contributed by atoms with Gasteiger partial charge in [-0.1, -0.05) is 23.7 Å². The zero-order valence-electron chi connectivity index (χ0n) is 11.5. The van der Waals surface area contributed by atoms with Crippen LogP contribution in [0.2, 0.25) is 5.02 Å². The summed E-state index contributed by atoms with van der Waals surface area (Å²) in [6, 6.07) is 7.32. The number of rotatable bonds is 4. The summed E-state index contributed by atoms with van der Waals surface area (Å²) in [6.45, 7) is 0.526. The number of carbonyl (C=O) groups is 1. The highest BCUT2D eigenvalue weighted by Gasteiger charge is 2.15. The Kier molecular flexibility index (Phi) is 4.42. The molecule has 0 radical (unpaired) electrons. The number of aromatic nitrogens is 2. The Labute approximate surface area is 122 Å². The molecule has 0 atom stereocenters. The Morgan fingerprint density at radius 3 is 2.80 bits per heavy atom. The second kappa shape index (κ2) is 6.07. The van der Waals surface area contributed by atoms with Crippen molar-refractivity contribution >= 4 is 17.5 Å². The average Bonchev–Trinajstić information content (AvgIpc) is 2.87. The lowest BCUT2D eigenvalue weighted by Gasteiger charge is -2.11. The van der Waals surface area contributed by atoms with Crippen molar-refractivity contribution in [3.63, 3.8) is 0 Å². The number of halogens is 1. The van der Waals surface area contributed by atoms with Crippen LogP contribution in [0.3, 0.4) is 0 Å². The number of carbonyl (C=O) groups excluding carboxylic acids is 1. The van der Waals surface area contributed by atoms with Crippen molar-refractivity contribution in [1.29, 1.82) is 0 Å². The molecule has 0 bridgehead atoms. The first-order chi connectivity index (χ1) is 9.54. The second-order valence-corrected chi connectivity index (χ2v) is 5.04. The first-order valence-electron chi connectivity index (χ1n) is 6.29. The highest BCUT2D eigenvalue weighted by molar-refractivity contribution is 6.32. The molecule has 2 aromatic rings. The molecule has 0 aliphatic rings. The van der Waals surface area contributed by atoms with Gasteiger partial charge >= 0.3 is 0 Å². The molecule has 1 amide bonds. The minimum atomic E-state index is -0.142. The van der Waals surface area contributed by atoms with Crippen LogP contribution in [0.15, 0.2) is 30.5 Å². The molecule has 2 N–H and O–H groups in total. The van der Waals surface area contributed by atoms with Crippen molar-refractivity contribution in [2.45, 2.75) is 6.42 Å². The van der Waals surface area contributed by atoms with Gasteiger partial charge in [0, 0.05) is 20.3 Å². The van der Waals surface area contributed by atoms with Crippen LogP contribution in [0, 0.1) is 0 Å². The first-order valence-corrected chi connectivity index (χ1v) is 6.67. The molecule has 0 aliphatic carbocycles. The molecular formula is C14H17ClN4O. The minimum absolute atomic E-state index is 0.142. The molecule has 0 unspecified atom stereocenters. The third-order valence-electron chi connectivity index (χ3n) is 2.93. The second-order valence-electron chi connectivity index (χ2n) is 4.63. The highest BCUT2D eigenvalue weighted by Crippen LogP contribution is 2.24. The van der Waals surface area contributed by atoms with Gasteiger partial charge in [-0.3, -0.25) is 4.79 Å². The van der Waals surface area contributed by atoms with E-state index < -0.39 is 0 Å². The van der Waals surface area contributed by atoms with E-state index >= 15 is 0 Å². The first kappa shape index (κ1) is 14.6. The molecule has 0 spiro atoms. The van der Waals surface area contributed by atoms with E-state index in [-0.39, 0.29) is 5.91 Å². The van der Waals surface area contributed by atoms with Crippen LogP contribution in [-0.2, 0) is 6.42 Å². The monoisotopic (exact) mass is 292 g/mol. The van der Waals surface area contributed by atoms with Gasteiger partial charge in [-0.25, -0.2) is 4.68 Å². The largest absolute Gasteiger partial charge is 0.343 e. The van der Waals surface area contributed by atoms with Gasteiger partial charge in [-0.05, 0) is 30.7 Å². The summed E-state index contributed by atoms with van der Waals surface area (Å²) in [7, 11) is 3.38. The number of hydrogen-bond acceptors (Lipinski definition) is 3. The molecule has 0 aliphatic heterocycles. The van der Waals surface area contributed by atoms with Crippen LogP contribution < -0.4 is 5.73 Å². The van der Waals surface area contributed by atoms with Crippen molar-refractivity contribution in [3.05, 3.63) is 46.7 Å². The number of nitrogens with two attached hydrogens (primary N) is 1. The van der Waals surface area contributed by atoms with Gasteiger partial charge in [-0.15, -0.1) is 0 Å². The molecule has 20 heavy (non-hydrogen) atoms. The summed E-state index contributed by atoms with van der Waals surface area (Å²) in [5.41, 5.74) is 7.78. The maximum absolute atomic E-state index is 11.9. The maximum Gasteiger partial charge on any atom is 0.273 e. The van der Waals surface area contributed by atoms with E-state index in [1.54, 1.807) is 37.1 Å².